The lowest BCUT2D eigenvalue weighted by molar-refractivity contribution is 0.0124. The van der Waals surface area contributed by atoms with Gasteiger partial charge in [0.05, 0.1) is 12.6 Å². The minimum Gasteiger partial charge on any atom is -0.444 e. The third-order valence-corrected chi connectivity index (χ3v) is 2.19. The summed E-state index contributed by atoms with van der Waals surface area (Å²) in [7, 11) is 0. The fourth-order valence-corrected chi connectivity index (χ4v) is 1.51. The number of aliphatic hydroxyl groups excluding tert-OH is 1. The molecule has 18 heavy (non-hydrogen) atoms. The third-order valence-electron chi connectivity index (χ3n) is 2.19. The van der Waals surface area contributed by atoms with Gasteiger partial charge in [0.15, 0.2) is 0 Å². The summed E-state index contributed by atoms with van der Waals surface area (Å²) >= 11 is 0. The molecule has 0 fully saturated rings. The Kier molecular flexibility index (Phi) is 6.70. The Morgan fingerprint density at radius 1 is 1.50 bits per heavy atom. The van der Waals surface area contributed by atoms with E-state index >= 15 is 0 Å². The minimum absolute atomic E-state index is 0.125. The number of ether oxygens (including phenoxy) is 1. The van der Waals surface area contributed by atoms with Gasteiger partial charge in [0.1, 0.15) is 5.60 Å². The highest BCUT2D eigenvalue weighted by Gasteiger charge is 2.27. The van der Waals surface area contributed by atoms with Crippen LogP contribution in [0.4, 0.5) is 4.79 Å². The van der Waals surface area contributed by atoms with Gasteiger partial charge in [-0.2, -0.15) is 0 Å². The van der Waals surface area contributed by atoms with E-state index in [-0.39, 0.29) is 12.6 Å². The van der Waals surface area contributed by atoms with Gasteiger partial charge in [-0.15, -0.1) is 13.2 Å². The van der Waals surface area contributed by atoms with E-state index in [2.05, 4.69) is 13.2 Å². The van der Waals surface area contributed by atoms with E-state index in [0.29, 0.717) is 13.0 Å². The zero-order valence-corrected chi connectivity index (χ0v) is 11.9. The van der Waals surface area contributed by atoms with E-state index in [9.17, 15) is 9.90 Å². The average molecular weight is 255 g/mol. The first-order valence-electron chi connectivity index (χ1n) is 6.07. The molecule has 0 aromatic carbocycles. The molecule has 0 aliphatic rings. The number of nitrogens with zero attached hydrogens (tertiary/aromatic N) is 1. The molecule has 0 rings (SSSR count). The summed E-state index contributed by atoms with van der Waals surface area (Å²) in [6, 6.07) is -0.324. The van der Waals surface area contributed by atoms with Crippen molar-refractivity contribution in [2.24, 2.45) is 0 Å². The normalized spacial score (nSPS) is 12.7. The number of hydrogen-bond acceptors (Lipinski definition) is 3. The van der Waals surface area contributed by atoms with Crippen molar-refractivity contribution in [2.45, 2.75) is 45.8 Å². The lowest BCUT2D eigenvalue weighted by Gasteiger charge is -2.32. The van der Waals surface area contributed by atoms with Crippen LogP contribution in [0.5, 0.6) is 0 Å². The van der Waals surface area contributed by atoms with Gasteiger partial charge in [-0.3, -0.25) is 4.90 Å². The molecule has 0 saturated heterocycles. The Bertz CT molecular complexity index is 305. The van der Waals surface area contributed by atoms with Gasteiger partial charge in [-0.25, -0.2) is 4.79 Å². The molecule has 0 unspecified atom stereocenters. The maximum Gasteiger partial charge on any atom is 0.410 e. The molecule has 0 saturated carbocycles. The average Bonchev–Trinajstić information content (AvgIpc) is 2.20. The molecular weight excluding hydrogens is 230 g/mol. The molecular formula is C14H25NO3. The molecule has 4 nitrogen and oxygen atoms in total. The first kappa shape index (κ1) is 16.7. The Balaban J connectivity index is 4.85. The van der Waals surface area contributed by atoms with E-state index in [4.69, 9.17) is 4.74 Å². The SMILES string of the molecule is C=CCN(C(=O)OC(C)(C)C)[C@@H](CO)CC(=C)C. The maximum absolute atomic E-state index is 12.0. The molecule has 0 radical (unpaired) electrons. The van der Waals surface area contributed by atoms with Crippen molar-refractivity contribution in [2.75, 3.05) is 13.2 Å². The van der Waals surface area contributed by atoms with Crippen LogP contribution in [-0.4, -0.2) is 40.9 Å². The quantitative estimate of drug-likeness (QED) is 0.742. The topological polar surface area (TPSA) is 49.8 Å². The molecule has 1 amide bonds. The van der Waals surface area contributed by atoms with Crippen molar-refractivity contribution >= 4 is 6.09 Å². The molecule has 0 aliphatic carbocycles. The zero-order valence-electron chi connectivity index (χ0n) is 11.9. The van der Waals surface area contributed by atoms with E-state index < -0.39 is 11.7 Å². The summed E-state index contributed by atoms with van der Waals surface area (Å²) < 4.78 is 5.32. The van der Waals surface area contributed by atoms with Crippen molar-refractivity contribution < 1.29 is 14.6 Å². The molecule has 1 N–H and O–H groups in total. The highest BCUT2D eigenvalue weighted by Crippen LogP contribution is 2.15. The van der Waals surface area contributed by atoms with Crippen LogP contribution in [0.15, 0.2) is 24.8 Å². The summed E-state index contributed by atoms with van der Waals surface area (Å²) in [4.78, 5) is 13.5. The summed E-state index contributed by atoms with van der Waals surface area (Å²) in [5.74, 6) is 0. The second kappa shape index (κ2) is 7.21. The first-order valence-corrected chi connectivity index (χ1v) is 6.07. The lowest BCUT2D eigenvalue weighted by atomic mass is 10.1. The number of carbonyl (C=O) groups excluding carboxylic acids is 1. The molecule has 0 spiro atoms. The predicted octanol–water partition coefficient (Wildman–Crippen LogP) is 2.74. The molecule has 0 aromatic heterocycles. The summed E-state index contributed by atoms with van der Waals surface area (Å²) in [6.45, 7) is 14.9. The van der Waals surface area contributed by atoms with Crippen molar-refractivity contribution in [3.8, 4) is 0 Å². The predicted molar refractivity (Wildman–Crippen MR) is 73.4 cm³/mol. The van der Waals surface area contributed by atoms with E-state index in [0.717, 1.165) is 5.57 Å². The number of aliphatic hydroxyl groups is 1. The van der Waals surface area contributed by atoms with Gasteiger partial charge in [-0.05, 0) is 34.1 Å². The number of carbonyl (C=O) groups is 1. The van der Waals surface area contributed by atoms with E-state index in [1.807, 2.05) is 27.7 Å². The summed E-state index contributed by atoms with van der Waals surface area (Å²) in [6.07, 6.45) is 1.72. The standard InChI is InChI=1S/C14H25NO3/c1-7-8-15(12(10-16)9-11(2)3)13(17)18-14(4,5)6/h7,12,16H,1-2,8-10H2,3-6H3/t12-/m1/s1. The van der Waals surface area contributed by atoms with Gasteiger partial charge in [0, 0.05) is 6.54 Å². The molecule has 0 aromatic rings. The fraction of sp³-hybridized carbons (Fsp3) is 0.643. The molecule has 0 aliphatic heterocycles. The van der Waals surface area contributed by atoms with Gasteiger partial charge in [0.2, 0.25) is 0 Å². The van der Waals surface area contributed by atoms with Crippen LogP contribution in [-0.2, 0) is 4.74 Å². The Labute approximate surface area is 110 Å². The van der Waals surface area contributed by atoms with Crippen LogP contribution in [0.3, 0.4) is 0 Å². The van der Waals surface area contributed by atoms with Crippen molar-refractivity contribution in [3.05, 3.63) is 24.8 Å². The Morgan fingerprint density at radius 3 is 2.39 bits per heavy atom. The molecule has 0 heterocycles. The van der Waals surface area contributed by atoms with Crippen LogP contribution in [0.25, 0.3) is 0 Å². The Morgan fingerprint density at radius 2 is 2.06 bits per heavy atom. The zero-order chi connectivity index (χ0) is 14.3. The monoisotopic (exact) mass is 255 g/mol. The summed E-state index contributed by atoms with van der Waals surface area (Å²) in [5.41, 5.74) is 0.353. The van der Waals surface area contributed by atoms with Gasteiger partial charge >= 0.3 is 6.09 Å². The second-order valence-corrected chi connectivity index (χ2v) is 5.42. The lowest BCUT2D eigenvalue weighted by Crippen LogP contribution is -2.45. The van der Waals surface area contributed by atoms with E-state index in [1.165, 1.54) is 4.90 Å². The fourth-order valence-electron chi connectivity index (χ4n) is 1.51. The van der Waals surface area contributed by atoms with E-state index in [1.54, 1.807) is 6.08 Å². The van der Waals surface area contributed by atoms with Crippen LogP contribution in [0.2, 0.25) is 0 Å². The van der Waals surface area contributed by atoms with Gasteiger partial charge in [0.25, 0.3) is 0 Å². The van der Waals surface area contributed by atoms with Crippen LogP contribution >= 0.6 is 0 Å². The van der Waals surface area contributed by atoms with Crippen molar-refractivity contribution in [1.29, 1.82) is 0 Å². The number of hydrogen-bond donors (Lipinski definition) is 1. The van der Waals surface area contributed by atoms with Crippen molar-refractivity contribution in [1.82, 2.24) is 4.90 Å². The third kappa shape index (κ3) is 6.45. The van der Waals surface area contributed by atoms with Crippen LogP contribution < -0.4 is 0 Å². The maximum atomic E-state index is 12.0. The molecule has 4 heteroatoms. The highest BCUT2D eigenvalue weighted by atomic mass is 16.6. The Hall–Kier alpha value is -1.29. The second-order valence-electron chi connectivity index (χ2n) is 5.42. The van der Waals surface area contributed by atoms with Crippen LogP contribution in [0, 0.1) is 0 Å². The molecule has 104 valence electrons. The first-order chi connectivity index (χ1) is 8.21. The molecule has 0 bridgehead atoms. The number of amides is 1. The largest absolute Gasteiger partial charge is 0.444 e. The van der Waals surface area contributed by atoms with Crippen molar-refractivity contribution in [3.63, 3.8) is 0 Å². The van der Waals surface area contributed by atoms with Crippen LogP contribution in [0.1, 0.15) is 34.1 Å². The van der Waals surface area contributed by atoms with Gasteiger partial charge in [-0.1, -0.05) is 11.6 Å². The smallest absolute Gasteiger partial charge is 0.410 e. The number of rotatable bonds is 6. The van der Waals surface area contributed by atoms with Gasteiger partial charge < -0.3 is 9.84 Å². The summed E-state index contributed by atoms with van der Waals surface area (Å²) in [5, 5.41) is 9.39. The highest BCUT2D eigenvalue weighted by molar-refractivity contribution is 5.68. The molecule has 1 atom stereocenters. The minimum atomic E-state index is -0.556.